The maximum atomic E-state index is 13.0. The van der Waals surface area contributed by atoms with Gasteiger partial charge < -0.3 is 19.7 Å². The number of fused-ring (bicyclic) bond motifs is 1. The zero-order valence-corrected chi connectivity index (χ0v) is 18.7. The minimum absolute atomic E-state index is 0.0698. The Morgan fingerprint density at radius 1 is 1.16 bits per heavy atom. The summed E-state index contributed by atoms with van der Waals surface area (Å²) in [6.07, 6.45) is 11.8. The zero-order valence-electron chi connectivity index (χ0n) is 17.9. The number of benzene rings is 1. The SMILES string of the molecule is O=C(CCC12CC3CC(CC(C3)C1)C2)Nc1cn(CC2(O)COC2)c2cccc(Cl)c12. The molecule has 5 fully saturated rings. The molecule has 4 bridgehead atoms. The van der Waals surface area contributed by atoms with Gasteiger partial charge in [-0.1, -0.05) is 17.7 Å². The first-order chi connectivity index (χ1) is 14.9. The molecule has 0 spiro atoms. The molecule has 2 aromatic rings. The number of halogens is 1. The Morgan fingerprint density at radius 2 is 1.84 bits per heavy atom. The fourth-order valence-corrected chi connectivity index (χ4v) is 7.74. The minimum atomic E-state index is -0.853. The predicted molar refractivity (Wildman–Crippen MR) is 121 cm³/mol. The van der Waals surface area contributed by atoms with E-state index in [1.54, 1.807) is 0 Å². The summed E-state index contributed by atoms with van der Waals surface area (Å²) >= 11 is 6.51. The number of hydrogen-bond donors (Lipinski definition) is 2. The number of carbonyl (C=O) groups excluding carboxylic acids is 1. The Hall–Kier alpha value is -1.56. The Bertz CT molecular complexity index is 990. The molecule has 2 heterocycles. The average molecular weight is 443 g/mol. The van der Waals surface area contributed by atoms with Crippen molar-refractivity contribution in [1.82, 2.24) is 4.57 Å². The van der Waals surface area contributed by atoms with Crippen molar-refractivity contribution in [3.05, 3.63) is 29.4 Å². The van der Waals surface area contributed by atoms with Crippen molar-refractivity contribution >= 4 is 34.1 Å². The monoisotopic (exact) mass is 442 g/mol. The molecule has 7 rings (SSSR count). The van der Waals surface area contributed by atoms with E-state index in [1.165, 1.54) is 38.5 Å². The van der Waals surface area contributed by atoms with Gasteiger partial charge in [-0.15, -0.1) is 0 Å². The van der Waals surface area contributed by atoms with Crippen LogP contribution in [0.5, 0.6) is 0 Å². The molecule has 1 aromatic carbocycles. The van der Waals surface area contributed by atoms with Crippen LogP contribution >= 0.6 is 11.6 Å². The first kappa shape index (κ1) is 20.1. The van der Waals surface area contributed by atoms with Gasteiger partial charge in [-0.05, 0) is 80.2 Å². The molecular formula is C25H31ClN2O3. The topological polar surface area (TPSA) is 63.5 Å². The normalized spacial score (nSPS) is 32.9. The van der Waals surface area contributed by atoms with Gasteiger partial charge in [0.2, 0.25) is 5.91 Å². The van der Waals surface area contributed by atoms with E-state index in [2.05, 4.69) is 5.32 Å². The average Bonchev–Trinajstić information content (AvgIpc) is 3.02. The van der Waals surface area contributed by atoms with E-state index >= 15 is 0 Å². The lowest BCUT2D eigenvalue weighted by Crippen LogP contribution is -2.52. The van der Waals surface area contributed by atoms with Gasteiger partial charge in [0.15, 0.2) is 0 Å². The number of nitrogens with zero attached hydrogens (tertiary/aromatic N) is 1. The van der Waals surface area contributed by atoms with Crippen molar-refractivity contribution in [3.8, 4) is 0 Å². The lowest BCUT2D eigenvalue weighted by atomic mass is 9.48. The highest BCUT2D eigenvalue weighted by Crippen LogP contribution is 2.61. The van der Waals surface area contributed by atoms with Gasteiger partial charge in [0.1, 0.15) is 5.60 Å². The number of aliphatic hydroxyl groups is 1. The molecule has 6 heteroatoms. The lowest BCUT2D eigenvalue weighted by Gasteiger charge is -2.57. The fourth-order valence-electron chi connectivity index (χ4n) is 7.47. The second kappa shape index (κ2) is 7.23. The maximum Gasteiger partial charge on any atom is 0.224 e. The number of rotatable bonds is 6. The van der Waals surface area contributed by atoms with Crippen LogP contribution in [-0.2, 0) is 16.1 Å². The summed E-state index contributed by atoms with van der Waals surface area (Å²) < 4.78 is 7.18. The molecule has 166 valence electrons. The van der Waals surface area contributed by atoms with Crippen LogP contribution in [-0.4, -0.2) is 34.4 Å². The third-order valence-electron chi connectivity index (χ3n) is 8.38. The molecule has 0 radical (unpaired) electrons. The van der Waals surface area contributed by atoms with Crippen molar-refractivity contribution in [2.75, 3.05) is 18.5 Å². The van der Waals surface area contributed by atoms with Gasteiger partial charge in [-0.25, -0.2) is 0 Å². The maximum absolute atomic E-state index is 13.0. The lowest BCUT2D eigenvalue weighted by molar-refractivity contribution is -0.184. The Kier molecular flexibility index (Phi) is 4.68. The quantitative estimate of drug-likeness (QED) is 0.662. The zero-order chi connectivity index (χ0) is 21.2. The van der Waals surface area contributed by atoms with E-state index in [1.807, 2.05) is 29.0 Å². The van der Waals surface area contributed by atoms with Crippen LogP contribution in [0.15, 0.2) is 24.4 Å². The van der Waals surface area contributed by atoms with Gasteiger partial charge in [-0.3, -0.25) is 4.79 Å². The highest BCUT2D eigenvalue weighted by atomic mass is 35.5. The van der Waals surface area contributed by atoms with Crippen LogP contribution < -0.4 is 5.32 Å². The van der Waals surface area contributed by atoms with E-state index in [9.17, 15) is 9.90 Å². The van der Waals surface area contributed by atoms with E-state index < -0.39 is 5.60 Å². The standard InChI is InChI=1S/C25H31ClN2O3/c26-19-2-1-3-21-23(19)20(12-28(21)13-25(30)14-31-15-25)27-22(29)4-5-24-9-16-6-17(10-24)8-18(7-16)11-24/h1-3,12,16-18,30H,4-11,13-15H2,(H,27,29). The van der Waals surface area contributed by atoms with Gasteiger partial charge >= 0.3 is 0 Å². The number of carbonyl (C=O) groups is 1. The van der Waals surface area contributed by atoms with Crippen molar-refractivity contribution in [2.24, 2.45) is 23.2 Å². The van der Waals surface area contributed by atoms with Crippen molar-refractivity contribution in [3.63, 3.8) is 0 Å². The van der Waals surface area contributed by atoms with Gasteiger partial charge in [0, 0.05) is 18.0 Å². The first-order valence-electron chi connectivity index (χ1n) is 11.8. The van der Waals surface area contributed by atoms with E-state index in [0.29, 0.717) is 36.6 Å². The number of hydrogen-bond acceptors (Lipinski definition) is 3. The summed E-state index contributed by atoms with van der Waals surface area (Å²) in [5.41, 5.74) is 1.21. The molecule has 4 saturated carbocycles. The Labute approximate surface area is 188 Å². The van der Waals surface area contributed by atoms with Crippen molar-refractivity contribution < 1.29 is 14.6 Å². The summed E-state index contributed by atoms with van der Waals surface area (Å²) in [6, 6.07) is 5.73. The summed E-state index contributed by atoms with van der Waals surface area (Å²) in [6.45, 7) is 1.09. The molecular weight excluding hydrogens is 412 g/mol. The van der Waals surface area contributed by atoms with Crippen molar-refractivity contribution in [1.29, 1.82) is 0 Å². The first-order valence-corrected chi connectivity index (χ1v) is 12.2. The second-order valence-corrected chi connectivity index (χ2v) is 11.4. The third kappa shape index (κ3) is 3.59. The predicted octanol–water partition coefficient (Wildman–Crippen LogP) is 4.99. The molecule has 1 amide bonds. The summed E-state index contributed by atoms with van der Waals surface area (Å²) in [5.74, 6) is 2.80. The van der Waals surface area contributed by atoms with Crippen LogP contribution in [0, 0.1) is 23.2 Å². The molecule has 0 atom stereocenters. The molecule has 1 aromatic heterocycles. The molecule has 1 saturated heterocycles. The van der Waals surface area contributed by atoms with E-state index in [-0.39, 0.29) is 5.91 Å². The third-order valence-corrected chi connectivity index (χ3v) is 8.70. The molecule has 0 unspecified atom stereocenters. The molecule has 1 aliphatic heterocycles. The summed E-state index contributed by atoms with van der Waals surface area (Å²) in [7, 11) is 0. The Morgan fingerprint density at radius 3 is 2.45 bits per heavy atom. The van der Waals surface area contributed by atoms with Crippen LogP contribution in [0.2, 0.25) is 5.02 Å². The minimum Gasteiger partial charge on any atom is -0.383 e. The molecule has 5 nitrogen and oxygen atoms in total. The Balaban J connectivity index is 1.18. The van der Waals surface area contributed by atoms with Crippen molar-refractivity contribution in [2.45, 2.75) is 63.5 Å². The van der Waals surface area contributed by atoms with Crippen LogP contribution in [0.3, 0.4) is 0 Å². The largest absolute Gasteiger partial charge is 0.383 e. The smallest absolute Gasteiger partial charge is 0.224 e. The number of aromatic nitrogens is 1. The van der Waals surface area contributed by atoms with E-state index in [0.717, 1.165) is 40.8 Å². The molecule has 2 N–H and O–H groups in total. The number of amides is 1. The van der Waals surface area contributed by atoms with Gasteiger partial charge in [0.25, 0.3) is 0 Å². The fraction of sp³-hybridized carbons (Fsp3) is 0.640. The van der Waals surface area contributed by atoms with Gasteiger partial charge in [0.05, 0.1) is 36.0 Å². The molecule has 4 aliphatic carbocycles. The van der Waals surface area contributed by atoms with Gasteiger partial charge in [-0.2, -0.15) is 0 Å². The number of nitrogens with one attached hydrogen (secondary N) is 1. The van der Waals surface area contributed by atoms with Crippen LogP contribution in [0.25, 0.3) is 10.9 Å². The van der Waals surface area contributed by atoms with E-state index in [4.69, 9.17) is 16.3 Å². The highest BCUT2D eigenvalue weighted by molar-refractivity contribution is 6.36. The highest BCUT2D eigenvalue weighted by Gasteiger charge is 2.50. The molecule has 5 aliphatic rings. The van der Waals surface area contributed by atoms with Crippen LogP contribution in [0.1, 0.15) is 51.4 Å². The second-order valence-electron chi connectivity index (χ2n) is 11.0. The number of anilines is 1. The summed E-state index contributed by atoms with van der Waals surface area (Å²) in [5, 5.41) is 15.2. The summed E-state index contributed by atoms with van der Waals surface area (Å²) in [4.78, 5) is 13.0. The van der Waals surface area contributed by atoms with Crippen LogP contribution in [0.4, 0.5) is 5.69 Å². The number of ether oxygens (including phenoxy) is 1. The molecule has 31 heavy (non-hydrogen) atoms.